The Kier molecular flexibility index (Phi) is 8.78. The molecular weight excluding hydrogens is 496 g/mol. The Morgan fingerprint density at radius 2 is 1.64 bits per heavy atom. The van der Waals surface area contributed by atoms with Gasteiger partial charge in [0, 0.05) is 18.5 Å². The van der Waals surface area contributed by atoms with Crippen LogP contribution in [0.25, 0.3) is 17.5 Å². The summed E-state index contributed by atoms with van der Waals surface area (Å²) in [6.45, 7) is 3.55. The molecule has 39 heavy (non-hydrogen) atoms. The van der Waals surface area contributed by atoms with Gasteiger partial charge < -0.3 is 19.0 Å². The molecule has 0 saturated carbocycles. The highest BCUT2D eigenvalue weighted by Gasteiger charge is 2.20. The summed E-state index contributed by atoms with van der Waals surface area (Å²) >= 11 is 0. The van der Waals surface area contributed by atoms with Gasteiger partial charge in [0.05, 0.1) is 12.8 Å². The Morgan fingerprint density at radius 3 is 2.28 bits per heavy atom. The monoisotopic (exact) mass is 526 g/mol. The fraction of sp³-hybridized carbons (Fsp3) is 0.194. The average Bonchev–Trinajstić information content (AvgIpc) is 3.29. The van der Waals surface area contributed by atoms with Gasteiger partial charge in [0.25, 0.3) is 0 Å². The lowest BCUT2D eigenvalue weighted by Crippen LogP contribution is -2.37. The lowest BCUT2D eigenvalue weighted by Gasteiger charge is -2.20. The average molecular weight is 527 g/mol. The van der Waals surface area contributed by atoms with Gasteiger partial charge in [-0.05, 0) is 61.4 Å². The van der Waals surface area contributed by atoms with Crippen molar-refractivity contribution in [2.75, 3.05) is 13.7 Å². The maximum absolute atomic E-state index is 12.7. The SMILES string of the molecule is COc1ccc(OC(=O)N(CC(=O)O)Cc2ccc(/C=C(/C)Cc3nc(-c4ccccc4)oc3C)cc2)cc1. The number of methoxy groups -OCH3 is 1. The number of carboxylic acid groups (broad SMARTS) is 1. The summed E-state index contributed by atoms with van der Waals surface area (Å²) in [7, 11) is 1.54. The van der Waals surface area contributed by atoms with Gasteiger partial charge in [0.2, 0.25) is 5.89 Å². The molecule has 3 aromatic carbocycles. The van der Waals surface area contributed by atoms with Crippen LogP contribution in [0.5, 0.6) is 11.5 Å². The molecule has 0 unspecified atom stereocenters. The topological polar surface area (TPSA) is 102 Å². The number of aryl methyl sites for hydroxylation is 1. The van der Waals surface area contributed by atoms with Gasteiger partial charge >= 0.3 is 12.1 Å². The number of hydrogen-bond acceptors (Lipinski definition) is 6. The van der Waals surface area contributed by atoms with Crippen LogP contribution in [0.4, 0.5) is 4.79 Å². The third-order valence-corrected chi connectivity index (χ3v) is 5.97. The number of aromatic nitrogens is 1. The number of carbonyl (C=O) groups is 2. The van der Waals surface area contributed by atoms with Gasteiger partial charge in [-0.25, -0.2) is 9.78 Å². The number of amides is 1. The number of hydrogen-bond donors (Lipinski definition) is 1. The molecule has 0 aliphatic carbocycles. The molecular formula is C31H30N2O6. The highest BCUT2D eigenvalue weighted by atomic mass is 16.6. The van der Waals surface area contributed by atoms with E-state index in [1.54, 1.807) is 24.3 Å². The highest BCUT2D eigenvalue weighted by Crippen LogP contribution is 2.24. The maximum Gasteiger partial charge on any atom is 0.416 e. The molecule has 0 fully saturated rings. The van der Waals surface area contributed by atoms with Crippen LogP contribution in [0.2, 0.25) is 0 Å². The number of carboxylic acids is 1. The third-order valence-electron chi connectivity index (χ3n) is 5.97. The first-order valence-electron chi connectivity index (χ1n) is 12.4. The van der Waals surface area contributed by atoms with Crippen LogP contribution in [0.3, 0.4) is 0 Å². The molecule has 8 heteroatoms. The van der Waals surface area contributed by atoms with Gasteiger partial charge in [-0.1, -0.05) is 54.1 Å². The minimum atomic E-state index is -1.13. The smallest absolute Gasteiger partial charge is 0.416 e. The summed E-state index contributed by atoms with van der Waals surface area (Å²) in [6.07, 6.45) is 1.96. The van der Waals surface area contributed by atoms with Gasteiger partial charge in [0.1, 0.15) is 23.8 Å². The Balaban J connectivity index is 1.40. The molecule has 4 rings (SSSR count). The molecule has 8 nitrogen and oxygen atoms in total. The predicted molar refractivity (Wildman–Crippen MR) is 148 cm³/mol. The molecule has 1 heterocycles. The molecule has 0 spiro atoms. The van der Waals surface area contributed by atoms with E-state index < -0.39 is 18.6 Å². The van der Waals surface area contributed by atoms with Crippen molar-refractivity contribution in [2.24, 2.45) is 0 Å². The number of rotatable bonds is 10. The molecule has 1 amide bonds. The molecule has 1 aromatic heterocycles. The third kappa shape index (κ3) is 7.58. The van der Waals surface area contributed by atoms with Crippen molar-refractivity contribution in [3.63, 3.8) is 0 Å². The quantitative estimate of drug-likeness (QED) is 0.255. The van der Waals surface area contributed by atoms with Crippen molar-refractivity contribution in [1.82, 2.24) is 9.88 Å². The summed E-state index contributed by atoms with van der Waals surface area (Å²) in [5.74, 6) is 1.18. The first-order chi connectivity index (χ1) is 18.8. The predicted octanol–water partition coefficient (Wildman–Crippen LogP) is 6.39. The van der Waals surface area contributed by atoms with Gasteiger partial charge in [-0.15, -0.1) is 0 Å². The second-order valence-corrected chi connectivity index (χ2v) is 9.09. The van der Waals surface area contributed by atoms with E-state index in [-0.39, 0.29) is 6.54 Å². The lowest BCUT2D eigenvalue weighted by atomic mass is 10.1. The van der Waals surface area contributed by atoms with Gasteiger partial charge in [0.15, 0.2) is 0 Å². The zero-order valence-corrected chi connectivity index (χ0v) is 22.1. The minimum Gasteiger partial charge on any atom is -0.497 e. The zero-order chi connectivity index (χ0) is 27.8. The molecule has 0 aliphatic heterocycles. The first kappa shape index (κ1) is 27.2. The minimum absolute atomic E-state index is 0.0880. The van der Waals surface area contributed by atoms with E-state index in [1.165, 1.54) is 7.11 Å². The van der Waals surface area contributed by atoms with E-state index in [2.05, 4.69) is 11.1 Å². The standard InChI is InChI=1S/C31H30N2O6/c1-21(18-28-22(2)38-30(32-28)25-7-5-4-6-8-25)17-23-9-11-24(12-10-23)19-33(20-29(34)35)31(36)39-27-15-13-26(37-3)14-16-27/h4-17H,18-20H2,1-3H3,(H,34,35)/b21-17-. The highest BCUT2D eigenvalue weighted by molar-refractivity contribution is 5.78. The van der Waals surface area contributed by atoms with Crippen LogP contribution in [0.1, 0.15) is 29.5 Å². The summed E-state index contributed by atoms with van der Waals surface area (Å²) in [5.41, 5.74) is 4.69. The van der Waals surface area contributed by atoms with Crippen molar-refractivity contribution in [1.29, 1.82) is 0 Å². The fourth-order valence-electron chi connectivity index (χ4n) is 3.99. The number of oxazole rings is 1. The van der Waals surface area contributed by atoms with Gasteiger partial charge in [-0.2, -0.15) is 0 Å². The molecule has 4 aromatic rings. The molecule has 200 valence electrons. The van der Waals surface area contributed by atoms with Crippen molar-refractivity contribution in [3.05, 3.63) is 107 Å². The number of benzene rings is 3. The number of carbonyl (C=O) groups excluding carboxylic acids is 1. The van der Waals surface area contributed by atoms with Crippen LogP contribution in [-0.4, -0.2) is 40.7 Å². The molecule has 1 N–H and O–H groups in total. The van der Waals surface area contributed by atoms with E-state index in [9.17, 15) is 14.7 Å². The van der Waals surface area contributed by atoms with Crippen LogP contribution in [0, 0.1) is 6.92 Å². The molecule has 0 bridgehead atoms. The Hall–Kier alpha value is -4.85. The molecule has 0 atom stereocenters. The number of allylic oxidation sites excluding steroid dienone is 1. The lowest BCUT2D eigenvalue weighted by molar-refractivity contribution is -0.138. The summed E-state index contributed by atoms with van der Waals surface area (Å²) in [6, 6.07) is 23.9. The zero-order valence-electron chi connectivity index (χ0n) is 22.1. The van der Waals surface area contributed by atoms with Crippen molar-refractivity contribution in [3.8, 4) is 23.0 Å². The number of ether oxygens (including phenoxy) is 2. The van der Waals surface area contributed by atoms with E-state index >= 15 is 0 Å². The summed E-state index contributed by atoms with van der Waals surface area (Å²) in [4.78, 5) is 29.9. The van der Waals surface area contributed by atoms with Crippen LogP contribution in [0.15, 0.2) is 88.9 Å². The fourth-order valence-corrected chi connectivity index (χ4v) is 3.99. The second-order valence-electron chi connectivity index (χ2n) is 9.09. The van der Waals surface area contributed by atoms with E-state index in [0.717, 1.165) is 38.6 Å². The van der Waals surface area contributed by atoms with E-state index in [1.807, 2.05) is 68.4 Å². The summed E-state index contributed by atoms with van der Waals surface area (Å²) < 4.78 is 16.3. The number of nitrogens with zero attached hydrogens (tertiary/aromatic N) is 2. The van der Waals surface area contributed by atoms with Crippen LogP contribution < -0.4 is 9.47 Å². The first-order valence-corrected chi connectivity index (χ1v) is 12.4. The Bertz CT molecular complexity index is 1440. The number of aliphatic carboxylic acids is 1. The second kappa shape index (κ2) is 12.6. The maximum atomic E-state index is 12.7. The molecule has 0 aliphatic rings. The van der Waals surface area contributed by atoms with Crippen LogP contribution >= 0.6 is 0 Å². The van der Waals surface area contributed by atoms with Crippen molar-refractivity contribution in [2.45, 2.75) is 26.8 Å². The van der Waals surface area contributed by atoms with Crippen LogP contribution in [-0.2, 0) is 17.8 Å². The molecule has 0 radical (unpaired) electrons. The van der Waals surface area contributed by atoms with E-state index in [4.69, 9.17) is 13.9 Å². The van der Waals surface area contributed by atoms with Crippen molar-refractivity contribution >= 4 is 18.1 Å². The largest absolute Gasteiger partial charge is 0.497 e. The molecule has 0 saturated heterocycles. The Labute approximate surface area is 227 Å². The van der Waals surface area contributed by atoms with Gasteiger partial charge in [-0.3, -0.25) is 9.69 Å². The summed E-state index contributed by atoms with van der Waals surface area (Å²) in [5, 5.41) is 9.31. The van der Waals surface area contributed by atoms with E-state index in [0.29, 0.717) is 23.8 Å². The normalized spacial score (nSPS) is 11.2. The Morgan fingerprint density at radius 1 is 0.974 bits per heavy atom. The van der Waals surface area contributed by atoms with Crippen molar-refractivity contribution < 1.29 is 28.6 Å².